The van der Waals surface area contributed by atoms with E-state index in [2.05, 4.69) is 61.6 Å². The third kappa shape index (κ3) is 5.02. The maximum atomic E-state index is 10.2. The maximum absolute atomic E-state index is 10.2. The van der Waals surface area contributed by atoms with E-state index in [-0.39, 0.29) is 16.9 Å². The van der Waals surface area contributed by atoms with E-state index in [0.717, 1.165) is 49.1 Å². The fourth-order valence-corrected chi connectivity index (χ4v) is 5.04. The number of aliphatic hydroxyl groups is 1. The number of piperazine rings is 1. The second-order valence-electron chi connectivity index (χ2n) is 9.74. The van der Waals surface area contributed by atoms with Gasteiger partial charge in [0, 0.05) is 61.3 Å². The molecule has 0 spiro atoms. The lowest BCUT2D eigenvalue weighted by Crippen LogP contribution is -2.44. The molecule has 2 aliphatic heterocycles. The van der Waals surface area contributed by atoms with E-state index < -0.39 is 5.41 Å². The quantitative estimate of drug-likeness (QED) is 0.390. The number of nitrogens with zero attached hydrogens (tertiary/aromatic N) is 7. The Morgan fingerprint density at radius 3 is 2.56 bits per heavy atom. The van der Waals surface area contributed by atoms with Gasteiger partial charge in [-0.1, -0.05) is 13.0 Å². The SMILES string of the molecule is C=[S-](C)=Nc1cccc(N2C[C@](C)(CO)c3cnc(Nc4ccc(N5CCN(C)CC5)cc4)nc32)n1. The molecule has 0 unspecified atom stereocenters. The second kappa shape index (κ2) is 10.0. The number of aliphatic hydroxyl groups excluding tert-OH is 1. The van der Waals surface area contributed by atoms with E-state index in [9.17, 15) is 5.11 Å². The minimum atomic E-state index is -0.492. The van der Waals surface area contributed by atoms with Crippen LogP contribution in [0.1, 0.15) is 12.5 Å². The van der Waals surface area contributed by atoms with Gasteiger partial charge in [0.2, 0.25) is 5.95 Å². The molecule has 0 amide bonds. The molecule has 2 aromatic heterocycles. The minimum absolute atomic E-state index is 0.0122. The average molecular weight is 506 g/mol. The summed E-state index contributed by atoms with van der Waals surface area (Å²) in [6.07, 6.45) is 3.76. The van der Waals surface area contributed by atoms with Gasteiger partial charge in [0.25, 0.3) is 0 Å². The lowest BCUT2D eigenvalue weighted by atomic mass is 9.87. The number of rotatable bonds is 6. The van der Waals surface area contributed by atoms with Crippen LogP contribution in [0.2, 0.25) is 0 Å². The molecule has 9 nitrogen and oxygen atoms in total. The van der Waals surface area contributed by atoms with Crippen molar-refractivity contribution in [2.75, 3.05) is 67.8 Å². The zero-order chi connectivity index (χ0) is 25.3. The Hall–Kier alpha value is -3.21. The molecule has 0 aliphatic carbocycles. The zero-order valence-electron chi connectivity index (χ0n) is 21.1. The van der Waals surface area contributed by atoms with E-state index >= 15 is 0 Å². The minimum Gasteiger partial charge on any atom is -0.395 e. The summed E-state index contributed by atoms with van der Waals surface area (Å²) in [6.45, 7) is 6.78. The van der Waals surface area contributed by atoms with Crippen molar-refractivity contribution in [2.24, 2.45) is 4.36 Å². The highest BCUT2D eigenvalue weighted by Crippen LogP contribution is 2.43. The molecule has 0 bridgehead atoms. The average Bonchev–Trinajstić information content (AvgIpc) is 3.17. The first-order valence-electron chi connectivity index (χ1n) is 12.1. The van der Waals surface area contributed by atoms with Gasteiger partial charge in [-0.2, -0.15) is 4.98 Å². The van der Waals surface area contributed by atoms with Crippen molar-refractivity contribution >= 4 is 50.9 Å². The molecule has 1 atom stereocenters. The molecular weight excluding hydrogens is 472 g/mol. The van der Waals surface area contributed by atoms with Crippen molar-refractivity contribution in [3.8, 4) is 0 Å². The molecule has 36 heavy (non-hydrogen) atoms. The molecule has 1 aromatic carbocycles. The molecule has 3 aromatic rings. The van der Waals surface area contributed by atoms with Gasteiger partial charge in [0.05, 0.1) is 6.61 Å². The topological polar surface area (TPSA) is 93.0 Å². The van der Waals surface area contributed by atoms with Gasteiger partial charge in [-0.05, 0) is 43.4 Å². The summed E-state index contributed by atoms with van der Waals surface area (Å²) in [5.74, 6) is 6.58. The molecule has 1 saturated heterocycles. The van der Waals surface area contributed by atoms with Crippen LogP contribution in [0.4, 0.5) is 34.8 Å². The van der Waals surface area contributed by atoms with Gasteiger partial charge < -0.3 is 39.8 Å². The van der Waals surface area contributed by atoms with Crippen LogP contribution in [0.3, 0.4) is 0 Å². The number of aromatic nitrogens is 3. The van der Waals surface area contributed by atoms with Gasteiger partial charge >= 0.3 is 0 Å². The van der Waals surface area contributed by atoms with Crippen molar-refractivity contribution in [2.45, 2.75) is 12.3 Å². The third-order valence-corrected chi connectivity index (χ3v) is 7.27. The summed E-state index contributed by atoms with van der Waals surface area (Å²) >= 11 is 0. The lowest BCUT2D eigenvalue weighted by molar-refractivity contribution is 0.216. The maximum Gasteiger partial charge on any atom is 0.229 e. The molecule has 10 heteroatoms. The number of fused-ring (bicyclic) bond motifs is 1. The van der Waals surface area contributed by atoms with Crippen LogP contribution in [0.25, 0.3) is 0 Å². The molecule has 4 heterocycles. The fraction of sp³-hybridized carbons (Fsp3) is 0.385. The van der Waals surface area contributed by atoms with Crippen LogP contribution in [0.15, 0.2) is 53.0 Å². The standard InChI is InChI=1S/C26H33N8OS/c1-26(18-35)17-34(23-7-5-6-22(29-23)31-36(3)4)24-21(26)16-27-25(30-24)28-19-8-10-20(11-9-19)33-14-12-32(2)13-15-33/h5-11,16,35H,3,12-15,17-18H2,1-2,4H3,(H,27,28,30)/q-1/t26-/m1/s1. The van der Waals surface area contributed by atoms with E-state index in [1.54, 1.807) is 0 Å². The molecular formula is C26H33N8OS-. The van der Waals surface area contributed by atoms with Crippen molar-refractivity contribution < 1.29 is 5.11 Å². The van der Waals surface area contributed by atoms with E-state index in [1.807, 2.05) is 42.5 Å². The summed E-state index contributed by atoms with van der Waals surface area (Å²) in [5.41, 5.74) is 2.56. The number of hydrogen-bond donors (Lipinski definition) is 2. The molecule has 5 rings (SSSR count). The largest absolute Gasteiger partial charge is 0.395 e. The van der Waals surface area contributed by atoms with Gasteiger partial charge in [-0.25, -0.2) is 15.8 Å². The van der Waals surface area contributed by atoms with E-state index in [1.165, 1.54) is 5.69 Å². The molecule has 190 valence electrons. The fourth-order valence-electron chi connectivity index (χ4n) is 4.62. The Bertz CT molecular complexity index is 1320. The monoisotopic (exact) mass is 505 g/mol. The summed E-state index contributed by atoms with van der Waals surface area (Å²) in [5, 5.41) is 13.6. The normalized spacial score (nSPS) is 21.0. The number of hydrogen-bond acceptors (Lipinski definition) is 10. The van der Waals surface area contributed by atoms with Gasteiger partial charge in [-0.3, -0.25) is 0 Å². The van der Waals surface area contributed by atoms with Crippen LogP contribution in [-0.4, -0.2) is 83.5 Å². The van der Waals surface area contributed by atoms with Crippen molar-refractivity contribution in [1.82, 2.24) is 19.9 Å². The number of benzene rings is 1. The second-order valence-corrected chi connectivity index (χ2v) is 11.1. The molecule has 1 fully saturated rings. The number of nitrogens with one attached hydrogen (secondary N) is 1. The highest BCUT2D eigenvalue weighted by Gasteiger charge is 2.41. The van der Waals surface area contributed by atoms with Crippen LogP contribution < -0.4 is 15.1 Å². The van der Waals surface area contributed by atoms with Crippen LogP contribution in [0.5, 0.6) is 0 Å². The Morgan fingerprint density at radius 1 is 1.11 bits per heavy atom. The van der Waals surface area contributed by atoms with Gasteiger partial charge in [0.15, 0.2) is 0 Å². The summed E-state index contributed by atoms with van der Waals surface area (Å²) < 4.78 is 4.50. The summed E-state index contributed by atoms with van der Waals surface area (Å²) in [4.78, 5) is 20.9. The van der Waals surface area contributed by atoms with Gasteiger partial charge in [0.1, 0.15) is 17.5 Å². The molecule has 0 radical (unpaired) electrons. The highest BCUT2D eigenvalue weighted by molar-refractivity contribution is 7.84. The highest BCUT2D eigenvalue weighted by atomic mass is 32.2. The smallest absolute Gasteiger partial charge is 0.229 e. The van der Waals surface area contributed by atoms with Gasteiger partial charge in [-0.15, -0.1) is 6.26 Å². The van der Waals surface area contributed by atoms with Crippen LogP contribution in [-0.2, 0) is 15.7 Å². The number of anilines is 5. The molecule has 2 N–H and O–H groups in total. The third-order valence-electron chi connectivity index (χ3n) is 6.77. The Morgan fingerprint density at radius 2 is 1.86 bits per heavy atom. The van der Waals surface area contributed by atoms with E-state index in [0.29, 0.717) is 18.3 Å². The summed E-state index contributed by atoms with van der Waals surface area (Å²) in [7, 11) is 1.81. The number of likely N-dealkylation sites (N-methyl/N-ethyl adjacent to an activating group) is 1. The first kappa shape index (κ1) is 24.5. The Labute approximate surface area is 214 Å². The van der Waals surface area contributed by atoms with Crippen molar-refractivity contribution in [3.05, 3.63) is 54.2 Å². The molecule has 0 saturated carbocycles. The number of pyridine rings is 1. The van der Waals surface area contributed by atoms with E-state index in [4.69, 9.17) is 9.97 Å². The zero-order valence-corrected chi connectivity index (χ0v) is 21.9. The van der Waals surface area contributed by atoms with Crippen molar-refractivity contribution in [3.63, 3.8) is 0 Å². The first-order valence-corrected chi connectivity index (χ1v) is 13.8. The Kier molecular flexibility index (Phi) is 6.83. The predicted octanol–water partition coefficient (Wildman–Crippen LogP) is 3.26. The summed E-state index contributed by atoms with van der Waals surface area (Å²) in [6, 6.07) is 14.2. The predicted molar refractivity (Wildman–Crippen MR) is 150 cm³/mol. The lowest BCUT2D eigenvalue weighted by Gasteiger charge is -2.34. The van der Waals surface area contributed by atoms with Crippen molar-refractivity contribution in [1.29, 1.82) is 0 Å². The Balaban J connectivity index is 1.40. The first-order chi connectivity index (χ1) is 17.3. The van der Waals surface area contributed by atoms with Crippen LogP contribution >= 0.6 is 0 Å². The van der Waals surface area contributed by atoms with Crippen LogP contribution in [0, 0.1) is 0 Å². The molecule has 2 aliphatic rings.